The normalized spacial score (nSPS) is 11.7. The monoisotopic (exact) mass is 481 g/mol. The standard InChI is InChI=1S/C15H13As2N3O2S2/c18-13-5-1-11(2-6-13)16-17-12-3-7-14(8-4-12)24(21,22)20-15-19-9-10-23-15/h1-10H,18H2,(H,19,20). The Kier molecular flexibility index (Phi) is 5.67. The van der Waals surface area contributed by atoms with E-state index in [2.05, 4.69) is 21.8 Å². The molecule has 0 aliphatic heterocycles. The van der Waals surface area contributed by atoms with Gasteiger partial charge >= 0.3 is 156 Å². The molecule has 0 atom stereocenters. The maximum absolute atomic E-state index is 12.3. The average molecular weight is 481 g/mol. The van der Waals surface area contributed by atoms with Gasteiger partial charge in [0.2, 0.25) is 0 Å². The molecule has 1 heterocycles. The van der Waals surface area contributed by atoms with Gasteiger partial charge in [0.05, 0.1) is 0 Å². The number of hydrogen-bond acceptors (Lipinski definition) is 5. The van der Waals surface area contributed by atoms with Crippen LogP contribution in [-0.4, -0.2) is 39.7 Å². The predicted molar refractivity (Wildman–Crippen MR) is 101 cm³/mol. The van der Waals surface area contributed by atoms with Gasteiger partial charge in [-0.25, -0.2) is 0 Å². The minimum absolute atomic E-state index is 0.0309. The number of benzene rings is 2. The van der Waals surface area contributed by atoms with Gasteiger partial charge in [-0.15, -0.1) is 0 Å². The number of sulfonamides is 1. The van der Waals surface area contributed by atoms with E-state index in [0.29, 0.717) is 5.13 Å². The van der Waals surface area contributed by atoms with Gasteiger partial charge in [-0.05, 0) is 0 Å². The van der Waals surface area contributed by atoms with Crippen molar-refractivity contribution >= 4 is 67.2 Å². The summed E-state index contributed by atoms with van der Waals surface area (Å²) in [5.41, 5.74) is 6.47. The van der Waals surface area contributed by atoms with Crippen LogP contribution in [0.1, 0.15) is 0 Å². The van der Waals surface area contributed by atoms with Crippen molar-refractivity contribution in [3.05, 3.63) is 60.1 Å². The van der Waals surface area contributed by atoms with Crippen molar-refractivity contribution in [1.82, 2.24) is 4.98 Å². The Morgan fingerprint density at radius 2 is 1.54 bits per heavy atom. The van der Waals surface area contributed by atoms with Crippen LogP contribution in [0.15, 0.2) is 65.0 Å². The molecular formula is C15H13As2N3O2S2. The Labute approximate surface area is 155 Å². The summed E-state index contributed by atoms with van der Waals surface area (Å²) in [5.74, 6) is 0. The molecule has 0 saturated carbocycles. The molecule has 0 aliphatic rings. The van der Waals surface area contributed by atoms with Crippen molar-refractivity contribution < 1.29 is 8.42 Å². The summed E-state index contributed by atoms with van der Waals surface area (Å²) in [6.45, 7) is 0. The van der Waals surface area contributed by atoms with Crippen LogP contribution in [0.2, 0.25) is 0 Å². The molecule has 0 amide bonds. The summed E-state index contributed by atoms with van der Waals surface area (Å²) in [5, 5.41) is 2.10. The number of anilines is 2. The van der Waals surface area contributed by atoms with Gasteiger partial charge in [-0.3, -0.25) is 0 Å². The quantitative estimate of drug-likeness (QED) is 0.417. The second-order valence-electron chi connectivity index (χ2n) is 4.73. The van der Waals surface area contributed by atoms with Crippen LogP contribution >= 0.6 is 11.3 Å². The van der Waals surface area contributed by atoms with E-state index in [9.17, 15) is 8.42 Å². The average Bonchev–Trinajstić information content (AvgIpc) is 3.07. The SMILES string of the molecule is Nc1ccc([As]=[As]c2ccc(S(=O)(=O)Nc3nccs3)cc2)cc1. The van der Waals surface area contributed by atoms with Gasteiger partial charge in [-0.2, -0.15) is 0 Å². The maximum atomic E-state index is 12.3. The van der Waals surface area contributed by atoms with E-state index in [0.717, 1.165) is 5.69 Å². The van der Waals surface area contributed by atoms with E-state index in [1.54, 1.807) is 23.7 Å². The molecule has 9 heteroatoms. The van der Waals surface area contributed by atoms with E-state index in [1.807, 2.05) is 24.3 Å². The molecule has 0 radical (unpaired) electrons. The fraction of sp³-hybridized carbons (Fsp3) is 0. The molecule has 3 N–H and O–H groups in total. The fourth-order valence-electron chi connectivity index (χ4n) is 1.80. The van der Waals surface area contributed by atoms with Crippen LogP contribution in [0.5, 0.6) is 0 Å². The van der Waals surface area contributed by atoms with E-state index < -0.39 is 10.0 Å². The van der Waals surface area contributed by atoms with E-state index in [-0.39, 0.29) is 31.2 Å². The van der Waals surface area contributed by atoms with Crippen LogP contribution in [0.3, 0.4) is 0 Å². The third-order valence-corrected chi connectivity index (χ3v) is 13.7. The molecule has 5 nitrogen and oxygen atoms in total. The number of nitrogen functional groups attached to an aromatic ring is 1. The van der Waals surface area contributed by atoms with Crippen molar-refractivity contribution in [2.24, 2.45) is 0 Å². The Balaban J connectivity index is 1.74. The van der Waals surface area contributed by atoms with E-state index in [1.165, 1.54) is 20.0 Å². The number of nitrogens with one attached hydrogen (secondary N) is 1. The minimum atomic E-state index is -3.57. The molecule has 0 bridgehead atoms. The van der Waals surface area contributed by atoms with E-state index >= 15 is 0 Å². The second kappa shape index (κ2) is 7.75. The second-order valence-corrected chi connectivity index (χ2v) is 14.7. The van der Waals surface area contributed by atoms with Gasteiger partial charge in [0.25, 0.3) is 0 Å². The van der Waals surface area contributed by atoms with Crippen LogP contribution in [0.25, 0.3) is 0 Å². The molecule has 0 unspecified atom stereocenters. The molecule has 0 saturated heterocycles. The van der Waals surface area contributed by atoms with Crippen molar-refractivity contribution in [2.75, 3.05) is 10.5 Å². The molecule has 3 aromatic rings. The summed E-state index contributed by atoms with van der Waals surface area (Å²) in [7, 11) is -3.57. The molecule has 2 aromatic carbocycles. The zero-order valence-corrected chi connectivity index (χ0v) is 17.7. The number of thiazole rings is 1. The van der Waals surface area contributed by atoms with Gasteiger partial charge in [-0.1, -0.05) is 0 Å². The predicted octanol–water partition coefficient (Wildman–Crippen LogP) is 0.800. The topological polar surface area (TPSA) is 85.1 Å². The molecule has 122 valence electrons. The van der Waals surface area contributed by atoms with Gasteiger partial charge in [0.1, 0.15) is 0 Å². The van der Waals surface area contributed by atoms with Crippen molar-refractivity contribution in [3.63, 3.8) is 0 Å². The summed E-state index contributed by atoms with van der Waals surface area (Å²) in [6, 6.07) is 15.1. The summed E-state index contributed by atoms with van der Waals surface area (Å²) < 4.78 is 29.6. The number of nitrogens with two attached hydrogens (primary N) is 1. The van der Waals surface area contributed by atoms with Crippen molar-refractivity contribution in [1.29, 1.82) is 0 Å². The number of rotatable bonds is 5. The summed E-state index contributed by atoms with van der Waals surface area (Å²) >= 11 is 1.37. The molecule has 0 fully saturated rings. The fourth-order valence-corrected chi connectivity index (χ4v) is 10.7. The zero-order chi connectivity index (χ0) is 17.0. The first-order valence-electron chi connectivity index (χ1n) is 6.83. The summed E-state index contributed by atoms with van der Waals surface area (Å²) in [4.78, 5) is 4.20. The van der Waals surface area contributed by atoms with Crippen LogP contribution < -0.4 is 19.2 Å². The molecule has 0 aliphatic carbocycles. The Morgan fingerprint density at radius 3 is 2.08 bits per heavy atom. The third-order valence-electron chi connectivity index (χ3n) is 2.98. The Morgan fingerprint density at radius 1 is 0.958 bits per heavy atom. The number of nitrogens with zero attached hydrogens (tertiary/aromatic N) is 1. The van der Waals surface area contributed by atoms with Crippen LogP contribution in [-0.2, 0) is 10.0 Å². The molecule has 1 aromatic heterocycles. The first kappa shape index (κ1) is 17.6. The zero-order valence-electron chi connectivity index (χ0n) is 12.3. The first-order chi connectivity index (χ1) is 11.5. The third kappa shape index (κ3) is 4.64. The number of aromatic nitrogens is 1. The molecule has 3 rings (SSSR count). The van der Waals surface area contributed by atoms with Crippen molar-refractivity contribution in [2.45, 2.75) is 4.90 Å². The Hall–Kier alpha value is -1.26. The first-order valence-corrected chi connectivity index (χ1v) is 16.3. The molecule has 0 spiro atoms. The summed E-state index contributed by atoms with van der Waals surface area (Å²) in [6.07, 6.45) is 1.57. The van der Waals surface area contributed by atoms with Gasteiger partial charge < -0.3 is 0 Å². The van der Waals surface area contributed by atoms with Crippen LogP contribution in [0.4, 0.5) is 10.8 Å². The van der Waals surface area contributed by atoms with Crippen LogP contribution in [0, 0.1) is 0 Å². The Bertz CT molecular complexity index is 939. The molecule has 24 heavy (non-hydrogen) atoms. The number of hydrogen-bond donors (Lipinski definition) is 2. The van der Waals surface area contributed by atoms with Gasteiger partial charge in [0, 0.05) is 0 Å². The van der Waals surface area contributed by atoms with Gasteiger partial charge in [0.15, 0.2) is 0 Å². The van der Waals surface area contributed by atoms with E-state index in [4.69, 9.17) is 5.73 Å². The van der Waals surface area contributed by atoms with Crippen molar-refractivity contribution in [3.8, 4) is 0 Å². The molecular weight excluding hydrogens is 468 g/mol.